The molecule has 0 spiro atoms. The van der Waals surface area contributed by atoms with Crippen molar-refractivity contribution in [3.63, 3.8) is 0 Å². The van der Waals surface area contributed by atoms with Gasteiger partial charge in [-0.05, 0) is 11.4 Å². The van der Waals surface area contributed by atoms with Gasteiger partial charge in [0.1, 0.15) is 0 Å². The molecule has 0 radical (unpaired) electrons. The van der Waals surface area contributed by atoms with E-state index >= 15 is 0 Å². The Labute approximate surface area is 92.3 Å². The standard InChI is InChI=1S/C11H12N2OS/c1-13-10-2-4-14-6-9(10)11(12-13)8-3-5-15-7-8/h3,5,7H,2,4,6H2,1H3. The van der Waals surface area contributed by atoms with Gasteiger partial charge < -0.3 is 4.74 Å². The van der Waals surface area contributed by atoms with Gasteiger partial charge in [-0.2, -0.15) is 16.4 Å². The minimum Gasteiger partial charge on any atom is -0.376 e. The summed E-state index contributed by atoms with van der Waals surface area (Å²) in [5.41, 5.74) is 4.89. The maximum atomic E-state index is 5.50. The van der Waals surface area contributed by atoms with E-state index in [-0.39, 0.29) is 0 Å². The third kappa shape index (κ3) is 1.41. The van der Waals surface area contributed by atoms with Gasteiger partial charge in [-0.25, -0.2) is 0 Å². The highest BCUT2D eigenvalue weighted by Crippen LogP contribution is 2.29. The number of thiophene rings is 1. The molecule has 0 saturated carbocycles. The molecule has 1 aliphatic heterocycles. The van der Waals surface area contributed by atoms with E-state index in [1.807, 2.05) is 11.7 Å². The van der Waals surface area contributed by atoms with Crippen LogP contribution < -0.4 is 0 Å². The molecule has 0 atom stereocenters. The Morgan fingerprint density at radius 1 is 1.53 bits per heavy atom. The number of rotatable bonds is 1. The normalized spacial score (nSPS) is 15.3. The number of nitrogens with zero attached hydrogens (tertiary/aromatic N) is 2. The van der Waals surface area contributed by atoms with Crippen molar-refractivity contribution < 1.29 is 4.74 Å². The smallest absolute Gasteiger partial charge is 0.0989 e. The van der Waals surface area contributed by atoms with E-state index in [1.165, 1.54) is 16.8 Å². The number of hydrogen-bond donors (Lipinski definition) is 0. The van der Waals surface area contributed by atoms with Gasteiger partial charge in [0.2, 0.25) is 0 Å². The van der Waals surface area contributed by atoms with Crippen molar-refractivity contribution >= 4 is 11.3 Å². The van der Waals surface area contributed by atoms with E-state index in [0.717, 1.165) is 18.7 Å². The average Bonchev–Trinajstić information content (AvgIpc) is 2.87. The van der Waals surface area contributed by atoms with Crippen molar-refractivity contribution in [2.24, 2.45) is 7.05 Å². The fourth-order valence-electron chi connectivity index (χ4n) is 2.04. The van der Waals surface area contributed by atoms with E-state index in [1.54, 1.807) is 11.3 Å². The number of ether oxygens (including phenoxy) is 1. The first-order valence-corrected chi connectivity index (χ1v) is 5.95. The predicted octanol–water partition coefficient (Wildman–Crippen LogP) is 2.22. The van der Waals surface area contributed by atoms with Crippen molar-refractivity contribution in [3.8, 4) is 11.3 Å². The van der Waals surface area contributed by atoms with Gasteiger partial charge >= 0.3 is 0 Å². The fourth-order valence-corrected chi connectivity index (χ4v) is 2.68. The first-order chi connectivity index (χ1) is 7.36. The Morgan fingerprint density at radius 3 is 3.27 bits per heavy atom. The molecule has 3 heterocycles. The van der Waals surface area contributed by atoms with Crippen molar-refractivity contribution in [2.75, 3.05) is 6.61 Å². The molecule has 3 rings (SSSR count). The highest BCUT2D eigenvalue weighted by atomic mass is 32.1. The highest BCUT2D eigenvalue weighted by Gasteiger charge is 2.20. The summed E-state index contributed by atoms with van der Waals surface area (Å²) in [6, 6.07) is 2.11. The lowest BCUT2D eigenvalue weighted by Crippen LogP contribution is -2.11. The first kappa shape index (κ1) is 9.12. The summed E-state index contributed by atoms with van der Waals surface area (Å²) >= 11 is 1.70. The molecule has 0 aliphatic carbocycles. The van der Waals surface area contributed by atoms with Gasteiger partial charge in [0, 0.05) is 35.7 Å². The molecule has 0 saturated heterocycles. The molecular formula is C11H12N2OS. The molecule has 4 heteroatoms. The summed E-state index contributed by atoms with van der Waals surface area (Å²) in [4.78, 5) is 0. The van der Waals surface area contributed by atoms with Crippen LogP contribution in [0.25, 0.3) is 11.3 Å². The molecule has 0 N–H and O–H groups in total. The minimum atomic E-state index is 0.703. The summed E-state index contributed by atoms with van der Waals surface area (Å²) in [5.74, 6) is 0. The van der Waals surface area contributed by atoms with Gasteiger partial charge in [-0.3, -0.25) is 4.68 Å². The molecule has 78 valence electrons. The highest BCUT2D eigenvalue weighted by molar-refractivity contribution is 7.08. The van der Waals surface area contributed by atoms with Gasteiger partial charge in [-0.1, -0.05) is 0 Å². The van der Waals surface area contributed by atoms with Gasteiger partial charge in [-0.15, -0.1) is 0 Å². The third-order valence-electron chi connectivity index (χ3n) is 2.80. The maximum Gasteiger partial charge on any atom is 0.0989 e. The summed E-state index contributed by atoms with van der Waals surface area (Å²) in [6.07, 6.45) is 0.975. The SMILES string of the molecule is Cn1nc(-c2ccsc2)c2c1CCOC2. The zero-order valence-electron chi connectivity index (χ0n) is 8.56. The Morgan fingerprint density at radius 2 is 2.47 bits per heavy atom. The minimum absolute atomic E-state index is 0.703. The van der Waals surface area contributed by atoms with Crippen LogP contribution in [0, 0.1) is 0 Å². The number of hydrogen-bond acceptors (Lipinski definition) is 3. The second-order valence-corrected chi connectivity index (χ2v) is 4.49. The van der Waals surface area contributed by atoms with Crippen molar-refractivity contribution in [2.45, 2.75) is 13.0 Å². The molecule has 0 amide bonds. The van der Waals surface area contributed by atoms with Crippen LogP contribution in [-0.4, -0.2) is 16.4 Å². The molecule has 1 aliphatic rings. The van der Waals surface area contributed by atoms with Crippen LogP contribution in [0.1, 0.15) is 11.3 Å². The summed E-state index contributed by atoms with van der Waals surface area (Å²) in [7, 11) is 2.01. The van der Waals surface area contributed by atoms with Crippen LogP contribution in [-0.2, 0) is 24.8 Å². The zero-order chi connectivity index (χ0) is 10.3. The van der Waals surface area contributed by atoms with Crippen LogP contribution in [0.5, 0.6) is 0 Å². The first-order valence-electron chi connectivity index (χ1n) is 5.01. The molecule has 0 unspecified atom stereocenters. The average molecular weight is 220 g/mol. The maximum absolute atomic E-state index is 5.50. The second kappa shape index (κ2) is 3.47. The molecule has 2 aromatic rings. The number of aryl methyl sites for hydroxylation is 1. The second-order valence-electron chi connectivity index (χ2n) is 3.71. The summed E-state index contributed by atoms with van der Waals surface area (Å²) in [5, 5.41) is 8.80. The predicted molar refractivity (Wildman–Crippen MR) is 59.9 cm³/mol. The largest absolute Gasteiger partial charge is 0.376 e. The van der Waals surface area contributed by atoms with Crippen molar-refractivity contribution in [1.29, 1.82) is 0 Å². The fraction of sp³-hybridized carbons (Fsp3) is 0.364. The Hall–Kier alpha value is -1.13. The lowest BCUT2D eigenvalue weighted by Gasteiger charge is -2.13. The van der Waals surface area contributed by atoms with Crippen LogP contribution in [0.4, 0.5) is 0 Å². The molecule has 2 aromatic heterocycles. The van der Waals surface area contributed by atoms with Crippen LogP contribution in [0.2, 0.25) is 0 Å². The molecule has 0 aromatic carbocycles. The van der Waals surface area contributed by atoms with E-state index in [4.69, 9.17) is 4.74 Å². The van der Waals surface area contributed by atoms with Crippen molar-refractivity contribution in [3.05, 3.63) is 28.1 Å². The van der Waals surface area contributed by atoms with E-state index < -0.39 is 0 Å². The molecule has 3 nitrogen and oxygen atoms in total. The summed E-state index contributed by atoms with van der Waals surface area (Å²) in [6.45, 7) is 1.52. The van der Waals surface area contributed by atoms with E-state index in [2.05, 4.69) is 21.9 Å². The molecule has 0 fully saturated rings. The van der Waals surface area contributed by atoms with Crippen LogP contribution in [0.3, 0.4) is 0 Å². The summed E-state index contributed by atoms with van der Waals surface area (Å²) < 4.78 is 7.49. The quantitative estimate of drug-likeness (QED) is 0.737. The lowest BCUT2D eigenvalue weighted by molar-refractivity contribution is 0.109. The van der Waals surface area contributed by atoms with Gasteiger partial charge in [0.15, 0.2) is 0 Å². The third-order valence-corrected chi connectivity index (χ3v) is 3.48. The number of aromatic nitrogens is 2. The molecule has 0 bridgehead atoms. The number of fused-ring (bicyclic) bond motifs is 1. The van der Waals surface area contributed by atoms with Crippen LogP contribution in [0.15, 0.2) is 16.8 Å². The van der Waals surface area contributed by atoms with Crippen molar-refractivity contribution in [1.82, 2.24) is 9.78 Å². The van der Waals surface area contributed by atoms with E-state index in [9.17, 15) is 0 Å². The van der Waals surface area contributed by atoms with Gasteiger partial charge in [0.25, 0.3) is 0 Å². The van der Waals surface area contributed by atoms with E-state index in [0.29, 0.717) is 6.61 Å². The topological polar surface area (TPSA) is 27.1 Å². The molecule has 15 heavy (non-hydrogen) atoms. The Balaban J connectivity index is 2.16. The Bertz CT molecular complexity index is 473. The lowest BCUT2D eigenvalue weighted by atomic mass is 10.1. The van der Waals surface area contributed by atoms with Gasteiger partial charge in [0.05, 0.1) is 18.9 Å². The molecular weight excluding hydrogens is 208 g/mol. The monoisotopic (exact) mass is 220 g/mol. The Kier molecular flexibility index (Phi) is 2.11. The van der Waals surface area contributed by atoms with Crippen LogP contribution >= 0.6 is 11.3 Å². The zero-order valence-corrected chi connectivity index (χ0v) is 9.38.